The Balaban J connectivity index is 1.97. The summed E-state index contributed by atoms with van der Waals surface area (Å²) in [5, 5.41) is 3.16. The first kappa shape index (κ1) is 15.3. The molecule has 0 unspecified atom stereocenters. The first-order valence-corrected chi connectivity index (χ1v) is 7.03. The predicted octanol–water partition coefficient (Wildman–Crippen LogP) is 3.06. The molecule has 4 nitrogen and oxygen atoms in total. The molecule has 0 fully saturated rings. The Hall–Kier alpha value is -2.08. The van der Waals surface area contributed by atoms with Crippen molar-refractivity contribution in [1.29, 1.82) is 0 Å². The van der Waals surface area contributed by atoms with Crippen LogP contribution in [-0.4, -0.2) is 12.5 Å². The summed E-state index contributed by atoms with van der Waals surface area (Å²) in [6, 6.07) is 12.1. The van der Waals surface area contributed by atoms with Gasteiger partial charge in [0.05, 0.1) is 4.47 Å². The summed E-state index contributed by atoms with van der Waals surface area (Å²) < 4.78 is 19.1. The lowest BCUT2D eigenvalue weighted by Gasteiger charge is -2.09. The number of primary amides is 1. The van der Waals surface area contributed by atoms with Gasteiger partial charge in [-0.05, 0) is 45.8 Å². The van der Waals surface area contributed by atoms with E-state index in [1.807, 2.05) is 12.1 Å². The van der Waals surface area contributed by atoms with Crippen LogP contribution in [-0.2, 0) is 11.3 Å². The lowest BCUT2D eigenvalue weighted by molar-refractivity contribution is -0.119. The van der Waals surface area contributed by atoms with Gasteiger partial charge in [0.1, 0.15) is 11.6 Å². The van der Waals surface area contributed by atoms with E-state index < -0.39 is 5.91 Å². The van der Waals surface area contributed by atoms with Gasteiger partial charge in [-0.15, -0.1) is 0 Å². The van der Waals surface area contributed by atoms with Crippen molar-refractivity contribution in [2.24, 2.45) is 5.73 Å². The van der Waals surface area contributed by atoms with Gasteiger partial charge in [0.15, 0.2) is 6.61 Å². The van der Waals surface area contributed by atoms with Gasteiger partial charge in [-0.3, -0.25) is 4.79 Å². The molecule has 0 aromatic heterocycles. The number of nitrogens with two attached hydrogens (primary N) is 1. The summed E-state index contributed by atoms with van der Waals surface area (Å²) >= 11 is 3.11. The Labute approximate surface area is 130 Å². The molecule has 0 bridgehead atoms. The number of hydrogen-bond acceptors (Lipinski definition) is 3. The average molecular weight is 353 g/mol. The molecule has 0 saturated heterocycles. The van der Waals surface area contributed by atoms with E-state index in [2.05, 4.69) is 21.2 Å². The number of halogens is 2. The molecule has 110 valence electrons. The molecular formula is C15H14BrFN2O2. The van der Waals surface area contributed by atoms with E-state index in [4.69, 9.17) is 10.5 Å². The number of benzene rings is 2. The van der Waals surface area contributed by atoms with Crippen LogP contribution >= 0.6 is 15.9 Å². The minimum atomic E-state index is -0.529. The van der Waals surface area contributed by atoms with E-state index in [1.54, 1.807) is 24.3 Å². The minimum absolute atomic E-state index is 0.165. The quantitative estimate of drug-likeness (QED) is 0.839. The maximum Gasteiger partial charge on any atom is 0.255 e. The Morgan fingerprint density at radius 3 is 2.81 bits per heavy atom. The van der Waals surface area contributed by atoms with Crippen LogP contribution in [0.1, 0.15) is 5.56 Å². The lowest BCUT2D eigenvalue weighted by atomic mass is 10.2. The zero-order valence-corrected chi connectivity index (χ0v) is 12.7. The number of nitrogens with one attached hydrogen (secondary N) is 1. The van der Waals surface area contributed by atoms with Crippen LogP contribution in [0.15, 0.2) is 46.9 Å². The van der Waals surface area contributed by atoms with E-state index in [-0.39, 0.29) is 12.4 Å². The van der Waals surface area contributed by atoms with Gasteiger partial charge >= 0.3 is 0 Å². The van der Waals surface area contributed by atoms with E-state index >= 15 is 0 Å². The molecule has 6 heteroatoms. The molecule has 0 aliphatic heterocycles. The number of carbonyl (C=O) groups excluding carboxylic acids is 1. The van der Waals surface area contributed by atoms with Crippen molar-refractivity contribution in [2.75, 3.05) is 11.9 Å². The lowest BCUT2D eigenvalue weighted by Crippen LogP contribution is -2.20. The van der Waals surface area contributed by atoms with Gasteiger partial charge in [-0.25, -0.2) is 4.39 Å². The Morgan fingerprint density at radius 2 is 2.10 bits per heavy atom. The van der Waals surface area contributed by atoms with Crippen LogP contribution < -0.4 is 15.8 Å². The maximum atomic E-state index is 13.4. The van der Waals surface area contributed by atoms with Crippen molar-refractivity contribution in [3.05, 3.63) is 58.3 Å². The second-order valence-electron chi connectivity index (χ2n) is 4.38. The van der Waals surface area contributed by atoms with E-state index in [1.165, 1.54) is 6.07 Å². The van der Waals surface area contributed by atoms with Gasteiger partial charge in [0.25, 0.3) is 5.91 Å². The number of ether oxygens (including phenoxy) is 1. The Morgan fingerprint density at radius 1 is 1.29 bits per heavy atom. The SMILES string of the molecule is NC(=O)COc1cccc(NCc2ccc(Br)c(F)c2)c1. The minimum Gasteiger partial charge on any atom is -0.484 e. The van der Waals surface area contributed by atoms with Crippen molar-refractivity contribution in [2.45, 2.75) is 6.54 Å². The zero-order chi connectivity index (χ0) is 15.2. The van der Waals surface area contributed by atoms with E-state index in [9.17, 15) is 9.18 Å². The van der Waals surface area contributed by atoms with Gasteiger partial charge < -0.3 is 15.8 Å². The third-order valence-electron chi connectivity index (χ3n) is 2.70. The fraction of sp³-hybridized carbons (Fsp3) is 0.133. The Kier molecular flexibility index (Phi) is 5.16. The van der Waals surface area contributed by atoms with Crippen LogP contribution in [0.2, 0.25) is 0 Å². The summed E-state index contributed by atoms with van der Waals surface area (Å²) in [6.07, 6.45) is 0. The highest BCUT2D eigenvalue weighted by Gasteiger charge is 2.02. The molecule has 0 atom stereocenters. The molecule has 1 amide bonds. The molecule has 0 spiro atoms. The molecule has 2 aromatic rings. The summed E-state index contributed by atoms with van der Waals surface area (Å²) in [4.78, 5) is 10.7. The standard InChI is InChI=1S/C15H14BrFN2O2/c16-13-5-4-10(6-14(13)17)8-19-11-2-1-3-12(7-11)21-9-15(18)20/h1-7,19H,8-9H2,(H2,18,20). The van der Waals surface area contributed by atoms with Gasteiger partial charge in [-0.2, -0.15) is 0 Å². The zero-order valence-electron chi connectivity index (χ0n) is 11.1. The van der Waals surface area contributed by atoms with Crippen LogP contribution in [0.4, 0.5) is 10.1 Å². The van der Waals surface area contributed by atoms with Crippen LogP contribution in [0, 0.1) is 5.82 Å². The number of hydrogen-bond donors (Lipinski definition) is 2. The van der Waals surface area contributed by atoms with E-state index in [0.717, 1.165) is 11.3 Å². The highest BCUT2D eigenvalue weighted by Crippen LogP contribution is 2.20. The third-order valence-corrected chi connectivity index (χ3v) is 3.34. The molecule has 2 rings (SSSR count). The fourth-order valence-electron chi connectivity index (χ4n) is 1.70. The average Bonchev–Trinajstić information content (AvgIpc) is 2.47. The predicted molar refractivity (Wildman–Crippen MR) is 82.6 cm³/mol. The number of carbonyl (C=O) groups is 1. The number of amides is 1. The van der Waals surface area contributed by atoms with Gasteiger partial charge in [0, 0.05) is 18.3 Å². The van der Waals surface area contributed by atoms with Crippen LogP contribution in [0.3, 0.4) is 0 Å². The van der Waals surface area contributed by atoms with E-state index in [0.29, 0.717) is 16.8 Å². The van der Waals surface area contributed by atoms with Crippen LogP contribution in [0.25, 0.3) is 0 Å². The van der Waals surface area contributed by atoms with Crippen molar-refractivity contribution in [1.82, 2.24) is 0 Å². The molecule has 0 heterocycles. The topological polar surface area (TPSA) is 64.4 Å². The third kappa shape index (κ3) is 4.75. The van der Waals surface area contributed by atoms with Crippen molar-refractivity contribution < 1.29 is 13.9 Å². The Bertz CT molecular complexity index is 649. The van der Waals surface area contributed by atoms with Crippen molar-refractivity contribution in [3.8, 4) is 5.75 Å². The van der Waals surface area contributed by atoms with Gasteiger partial charge in [0.2, 0.25) is 0 Å². The first-order chi connectivity index (χ1) is 10.0. The highest BCUT2D eigenvalue weighted by atomic mass is 79.9. The summed E-state index contributed by atoms with van der Waals surface area (Å²) in [5.41, 5.74) is 6.64. The second kappa shape index (κ2) is 7.08. The second-order valence-corrected chi connectivity index (χ2v) is 5.24. The molecular weight excluding hydrogens is 339 g/mol. The fourth-order valence-corrected chi connectivity index (χ4v) is 1.95. The van der Waals surface area contributed by atoms with Crippen molar-refractivity contribution >= 4 is 27.5 Å². The number of rotatable bonds is 6. The van der Waals surface area contributed by atoms with Gasteiger partial charge in [-0.1, -0.05) is 12.1 Å². The summed E-state index contributed by atoms with van der Waals surface area (Å²) in [6.45, 7) is 0.310. The molecule has 21 heavy (non-hydrogen) atoms. The molecule has 0 aliphatic rings. The maximum absolute atomic E-state index is 13.4. The smallest absolute Gasteiger partial charge is 0.255 e. The highest BCUT2D eigenvalue weighted by molar-refractivity contribution is 9.10. The van der Waals surface area contributed by atoms with Crippen molar-refractivity contribution in [3.63, 3.8) is 0 Å². The molecule has 3 N–H and O–H groups in total. The summed E-state index contributed by atoms with van der Waals surface area (Å²) in [7, 11) is 0. The first-order valence-electron chi connectivity index (χ1n) is 6.23. The molecule has 2 aromatic carbocycles. The molecule has 0 saturated carbocycles. The summed E-state index contributed by atoms with van der Waals surface area (Å²) in [5.74, 6) is -0.285. The molecule has 0 radical (unpaired) electrons. The number of anilines is 1. The monoisotopic (exact) mass is 352 g/mol. The van der Waals surface area contributed by atoms with Crippen LogP contribution in [0.5, 0.6) is 5.75 Å². The molecule has 0 aliphatic carbocycles. The normalized spacial score (nSPS) is 10.2. The largest absolute Gasteiger partial charge is 0.484 e.